The van der Waals surface area contributed by atoms with Crippen LogP contribution < -0.4 is 37.1 Å². The Morgan fingerprint density at radius 3 is 2.66 bits per heavy atom. The van der Waals surface area contributed by atoms with Gasteiger partial charge in [-0.3, -0.25) is 0 Å². The summed E-state index contributed by atoms with van der Waals surface area (Å²) < 4.78 is 6.81. The normalized spacial score (nSPS) is 22.7. The third-order valence-corrected chi connectivity index (χ3v) is 8.85. The fraction of sp³-hybridized carbons (Fsp3) is 0.346. The minimum atomic E-state index is -0.357. The monoisotopic (exact) mass is 535 g/mol. The molecule has 2 saturated carbocycles. The molecular weight excluding hydrogens is 511 g/mol. The van der Waals surface area contributed by atoms with E-state index >= 15 is 0 Å². The average molecular weight is 535 g/mol. The van der Waals surface area contributed by atoms with Crippen molar-refractivity contribution >= 4 is 16.1 Å². The van der Waals surface area contributed by atoms with E-state index in [0.29, 0.717) is 6.04 Å². The fourth-order valence-electron chi connectivity index (χ4n) is 4.88. The molecule has 3 aliphatic rings. The number of nitrogens with zero attached hydrogens (tertiary/aromatic N) is 3. The summed E-state index contributed by atoms with van der Waals surface area (Å²) in [5.74, 6) is 0.0640. The number of benzene rings is 1. The summed E-state index contributed by atoms with van der Waals surface area (Å²) >= 11 is -0.357. The second-order valence-corrected chi connectivity index (χ2v) is 11.0. The zero-order valence-corrected chi connectivity index (χ0v) is 20.3. The van der Waals surface area contributed by atoms with Gasteiger partial charge in [0.25, 0.3) is 0 Å². The maximum absolute atomic E-state index is 11.7. The van der Waals surface area contributed by atoms with Crippen molar-refractivity contribution < 1.29 is 26.0 Å². The van der Waals surface area contributed by atoms with Gasteiger partial charge in [-0.1, -0.05) is 0 Å². The zero-order chi connectivity index (χ0) is 22.5. The van der Waals surface area contributed by atoms with Crippen LogP contribution in [0, 0.1) is 35.5 Å². The van der Waals surface area contributed by atoms with Crippen LogP contribution >= 0.6 is 0 Å². The Morgan fingerprint density at radius 2 is 2.00 bits per heavy atom. The van der Waals surface area contributed by atoms with E-state index in [1.54, 1.807) is 0 Å². The van der Waals surface area contributed by atoms with Gasteiger partial charge in [-0.25, -0.2) is 0 Å². The van der Waals surface area contributed by atoms with E-state index in [0.717, 1.165) is 58.9 Å². The molecule has 0 bridgehead atoms. The van der Waals surface area contributed by atoms with Gasteiger partial charge in [0.15, 0.2) is 0 Å². The average Bonchev–Trinajstić information content (AvgIpc) is 3.49. The molecule has 1 aliphatic heterocycles. The first-order chi connectivity index (χ1) is 15.5. The number of aromatic nitrogens is 1. The molecule has 1 aromatic heterocycles. The first kappa shape index (κ1) is 21.0. The van der Waals surface area contributed by atoms with Crippen LogP contribution in [-0.2, 0) is 10.2 Å². The third-order valence-electron chi connectivity index (χ3n) is 6.87. The van der Waals surface area contributed by atoms with Crippen LogP contribution in [0.1, 0.15) is 49.8 Å². The Labute approximate surface area is 198 Å². The van der Waals surface area contributed by atoms with Crippen LogP contribution in [0.25, 0.3) is 21.3 Å². The Morgan fingerprint density at radius 1 is 1.22 bits per heavy atom. The third kappa shape index (κ3) is 3.47. The minimum absolute atomic E-state index is 0.0698. The number of rotatable bonds is 4. The quantitative estimate of drug-likeness (QED) is 0.564. The first-order valence-corrected chi connectivity index (χ1v) is 13.4. The molecule has 0 saturated heterocycles. The fourth-order valence-corrected chi connectivity index (χ4v) is 6.78. The van der Waals surface area contributed by atoms with Gasteiger partial charge in [0, 0.05) is 0 Å². The summed E-state index contributed by atoms with van der Waals surface area (Å²) in [6.07, 6.45) is 7.93. The van der Waals surface area contributed by atoms with Crippen molar-refractivity contribution in [2.45, 2.75) is 51.0 Å². The van der Waals surface area contributed by atoms with E-state index in [-0.39, 0.29) is 38.4 Å². The van der Waals surface area contributed by atoms with Gasteiger partial charge in [0.2, 0.25) is 0 Å². The van der Waals surface area contributed by atoms with Gasteiger partial charge in [0.05, 0.1) is 0 Å². The van der Waals surface area contributed by atoms with Crippen LogP contribution in [0.4, 0.5) is 0 Å². The Bertz CT molecular complexity index is 1360. The van der Waals surface area contributed by atoms with Crippen LogP contribution in [0.3, 0.4) is 0 Å². The van der Waals surface area contributed by atoms with Crippen molar-refractivity contribution in [2.24, 2.45) is 5.92 Å². The Kier molecular flexibility index (Phi) is 5.22. The Balaban J connectivity index is 1.70. The summed E-state index contributed by atoms with van der Waals surface area (Å²) in [6.45, 7) is 3.66. The second-order valence-electron chi connectivity index (χ2n) is 9.00. The van der Waals surface area contributed by atoms with Crippen molar-refractivity contribution in [3.8, 4) is 23.3 Å². The predicted octanol–water partition coefficient (Wildman–Crippen LogP) is 0.0920. The molecule has 5 nitrogen and oxygen atoms in total. The summed E-state index contributed by atoms with van der Waals surface area (Å²) in [4.78, 5) is 11.7. The molecule has 2 aromatic rings. The number of nitrogens with one attached hydrogen (secondary N) is 1. The van der Waals surface area contributed by atoms with Crippen molar-refractivity contribution in [2.75, 3.05) is 0 Å². The van der Waals surface area contributed by atoms with Crippen LogP contribution in [0.15, 0.2) is 34.2 Å². The molecule has 1 N–H and O–H groups in total. The maximum atomic E-state index is 11.7. The number of fused-ring (bicyclic) bond motifs is 1. The number of hydrogen-bond acceptors (Lipinski definition) is 3. The number of nitriles is 2. The van der Waals surface area contributed by atoms with Crippen molar-refractivity contribution in [3.05, 3.63) is 55.9 Å². The summed E-state index contributed by atoms with van der Waals surface area (Å²) in [5.41, 5.74) is 5.08. The van der Waals surface area contributed by atoms with Gasteiger partial charge in [-0.05, 0) is 0 Å². The van der Waals surface area contributed by atoms with Gasteiger partial charge in [-0.15, -0.1) is 0 Å². The van der Waals surface area contributed by atoms with E-state index < -0.39 is 0 Å². The first-order valence-electron chi connectivity index (χ1n) is 10.9. The van der Waals surface area contributed by atoms with E-state index in [1.807, 2.05) is 0 Å². The number of allylic oxidation sites excluding steroid dienone is 1. The molecule has 32 heavy (non-hydrogen) atoms. The molecule has 2 aliphatic carbocycles. The van der Waals surface area contributed by atoms with Crippen molar-refractivity contribution in [1.29, 1.82) is 10.5 Å². The topological polar surface area (TPSA) is 81.6 Å². The van der Waals surface area contributed by atoms with E-state index in [9.17, 15) is 15.3 Å². The standard InChI is InChI=1S/C26H24IN4O/c1-16-21(4-3-5-24(16)26(15-29)6-7-26)23-14-31(20-8-18(9-20)13-28)25-12-27-11-19(10-22(23)25)30-17(2)32/h3-5,10-12,14,18,20H,6-9H2,1-2H3,(H,30,32)/q-1. The molecule has 1 amide bonds. The number of amides is 1. The number of carbonyl (C=O) groups excluding carboxylic acids is 1. The van der Waals surface area contributed by atoms with E-state index in [2.05, 4.69) is 67.6 Å². The van der Waals surface area contributed by atoms with E-state index in [4.69, 9.17) is 0 Å². The SMILES string of the molecule is CC(=O)NC1=C[I-]C=c2c(c(-c3cccc(C4(C#N)CC4)c3C)cn2C2CC(C#N)C2)=C1. The van der Waals surface area contributed by atoms with Crippen molar-refractivity contribution in [3.63, 3.8) is 0 Å². The van der Waals surface area contributed by atoms with E-state index in [1.165, 1.54) is 12.3 Å². The summed E-state index contributed by atoms with van der Waals surface area (Å²) in [7, 11) is 0. The molecule has 0 atom stereocenters. The van der Waals surface area contributed by atoms with Gasteiger partial charge < -0.3 is 0 Å². The Hall–Kier alpha value is -2.84. The summed E-state index contributed by atoms with van der Waals surface area (Å²) in [6, 6.07) is 11.6. The van der Waals surface area contributed by atoms with Crippen LogP contribution in [0.5, 0.6) is 0 Å². The molecule has 2 heterocycles. The number of carbonyl (C=O) groups is 1. The molecule has 5 rings (SSSR count). The molecule has 2 fully saturated rings. The molecular formula is C26H24IN4O-. The number of hydrogen-bond donors (Lipinski definition) is 1. The zero-order valence-electron chi connectivity index (χ0n) is 18.2. The number of halogens is 1. The van der Waals surface area contributed by atoms with Crippen LogP contribution in [-0.4, -0.2) is 10.5 Å². The van der Waals surface area contributed by atoms with Gasteiger partial charge in [0.1, 0.15) is 0 Å². The second kappa shape index (κ2) is 7.94. The molecule has 0 unspecified atom stereocenters. The van der Waals surface area contributed by atoms with Gasteiger partial charge >= 0.3 is 199 Å². The van der Waals surface area contributed by atoms with Crippen molar-refractivity contribution in [1.82, 2.24) is 9.88 Å². The molecule has 6 heteroatoms. The molecule has 0 spiro atoms. The molecule has 0 radical (unpaired) electrons. The molecule has 1 aromatic carbocycles. The summed E-state index contributed by atoms with van der Waals surface area (Å²) in [5, 5.41) is 24.3. The van der Waals surface area contributed by atoms with Gasteiger partial charge in [-0.2, -0.15) is 0 Å². The molecule has 162 valence electrons. The predicted molar refractivity (Wildman–Crippen MR) is 119 cm³/mol. The van der Waals surface area contributed by atoms with Crippen LogP contribution in [0.2, 0.25) is 0 Å².